The van der Waals surface area contributed by atoms with Crippen LogP contribution in [0.15, 0.2) is 17.3 Å². The normalized spacial score (nSPS) is 17.1. The number of rotatable bonds is 0. The lowest BCUT2D eigenvalue weighted by Gasteiger charge is -2.01. The molecule has 0 saturated heterocycles. The average Bonchev–Trinajstić information content (AvgIpc) is 1.95. The van der Waals surface area contributed by atoms with Crippen LogP contribution in [0.3, 0.4) is 0 Å². The molecule has 52 valence electrons. The Morgan fingerprint density at radius 2 is 2.20 bits per heavy atom. The Bertz CT molecular complexity index is 239. The Morgan fingerprint density at radius 1 is 1.50 bits per heavy atom. The molecule has 0 atom stereocenters. The summed E-state index contributed by atoms with van der Waals surface area (Å²) in [6, 6.07) is 0. The number of Topliss-reactive ketones (excluding diaryl/α,β-unsaturated/α-hetero) is 1. The monoisotopic (exact) mass is 139 g/mol. The van der Waals surface area contributed by atoms with Crippen molar-refractivity contribution < 1.29 is 14.3 Å². The molecule has 0 saturated carbocycles. The van der Waals surface area contributed by atoms with Gasteiger partial charge in [0.25, 0.3) is 11.7 Å². The van der Waals surface area contributed by atoms with Crippen molar-refractivity contribution in [1.29, 1.82) is 0 Å². The van der Waals surface area contributed by atoms with Crippen LogP contribution < -0.4 is 0 Å². The minimum Gasteiger partial charge on any atom is -0.478 e. The van der Waals surface area contributed by atoms with Gasteiger partial charge in [0.1, 0.15) is 0 Å². The minimum atomic E-state index is -0.690. The largest absolute Gasteiger partial charge is 0.478 e. The quantitative estimate of drug-likeness (QED) is 0.433. The zero-order valence-electron chi connectivity index (χ0n) is 5.33. The fourth-order valence-electron chi connectivity index (χ4n) is 0.558. The molecule has 1 heterocycles. The van der Waals surface area contributed by atoms with E-state index in [1.807, 2.05) is 0 Å². The second-order valence-electron chi connectivity index (χ2n) is 1.65. The molecule has 10 heavy (non-hydrogen) atoms. The topological polar surface area (TPSA) is 55.7 Å². The lowest BCUT2D eigenvalue weighted by Crippen LogP contribution is -2.25. The Kier molecular flexibility index (Phi) is 1.62. The molecule has 0 unspecified atom stereocenters. The number of allylic oxidation sites excluding steroid dienone is 1. The molecule has 0 amide bonds. The van der Waals surface area contributed by atoms with Gasteiger partial charge < -0.3 is 4.74 Å². The minimum absolute atomic E-state index is 0.146. The average molecular weight is 139 g/mol. The van der Waals surface area contributed by atoms with E-state index in [0.717, 1.165) is 6.08 Å². The number of carbonyl (C=O) groups is 2. The molecular weight excluding hydrogens is 134 g/mol. The summed E-state index contributed by atoms with van der Waals surface area (Å²) < 4.78 is 4.50. The fourth-order valence-corrected chi connectivity index (χ4v) is 0.558. The Hall–Kier alpha value is -1.45. The standard InChI is InChI=1S/C6H5NO3/c1-10-6-5(9)4(8)2-3-7-6/h2-3H,1H3. The van der Waals surface area contributed by atoms with Gasteiger partial charge in [-0.1, -0.05) is 0 Å². The third-order valence-corrected chi connectivity index (χ3v) is 1.03. The molecule has 1 aliphatic rings. The molecule has 4 nitrogen and oxygen atoms in total. The first kappa shape index (κ1) is 6.67. The number of hydrogen-bond donors (Lipinski definition) is 0. The highest BCUT2D eigenvalue weighted by molar-refractivity contribution is 6.66. The molecule has 0 bridgehead atoms. The van der Waals surface area contributed by atoms with Crippen molar-refractivity contribution in [3.63, 3.8) is 0 Å². The first-order valence-corrected chi connectivity index (χ1v) is 2.62. The number of aliphatic imine (C=N–C) groups is 1. The Balaban J connectivity index is 2.92. The van der Waals surface area contributed by atoms with Crippen LogP contribution in [0.2, 0.25) is 0 Å². The van der Waals surface area contributed by atoms with Crippen molar-refractivity contribution in [2.45, 2.75) is 0 Å². The summed E-state index contributed by atoms with van der Waals surface area (Å²) in [5.41, 5.74) is 0. The van der Waals surface area contributed by atoms with E-state index < -0.39 is 11.6 Å². The van der Waals surface area contributed by atoms with Crippen LogP contribution in [-0.4, -0.2) is 24.6 Å². The van der Waals surface area contributed by atoms with Gasteiger partial charge in [0.15, 0.2) is 0 Å². The number of methoxy groups -OCH3 is 1. The Morgan fingerprint density at radius 3 is 2.70 bits per heavy atom. The van der Waals surface area contributed by atoms with Crippen LogP contribution in [0.4, 0.5) is 0 Å². The number of ketones is 2. The van der Waals surface area contributed by atoms with Gasteiger partial charge in [-0.15, -0.1) is 0 Å². The van der Waals surface area contributed by atoms with Crippen LogP contribution in [0.25, 0.3) is 0 Å². The summed E-state index contributed by atoms with van der Waals surface area (Å²) in [5.74, 6) is -1.43. The van der Waals surface area contributed by atoms with E-state index in [0.29, 0.717) is 0 Å². The van der Waals surface area contributed by atoms with Crippen LogP contribution in [0.5, 0.6) is 0 Å². The number of nitrogens with zero attached hydrogens (tertiary/aromatic N) is 1. The summed E-state index contributed by atoms with van der Waals surface area (Å²) in [7, 11) is 1.29. The van der Waals surface area contributed by atoms with E-state index in [-0.39, 0.29) is 5.90 Å². The van der Waals surface area contributed by atoms with Gasteiger partial charge in [-0.05, 0) is 0 Å². The van der Waals surface area contributed by atoms with E-state index >= 15 is 0 Å². The lowest BCUT2D eigenvalue weighted by molar-refractivity contribution is -0.130. The summed E-state index contributed by atoms with van der Waals surface area (Å²) >= 11 is 0. The Labute approximate surface area is 57.2 Å². The van der Waals surface area contributed by atoms with Crippen molar-refractivity contribution >= 4 is 17.5 Å². The molecule has 0 aromatic carbocycles. The molecular formula is C6H5NO3. The SMILES string of the molecule is COC1=NC=CC(=O)C1=O. The molecule has 0 spiro atoms. The maximum Gasteiger partial charge on any atom is 0.287 e. The van der Waals surface area contributed by atoms with E-state index in [1.165, 1.54) is 13.3 Å². The summed E-state index contributed by atoms with van der Waals surface area (Å²) in [5, 5.41) is 0. The summed E-state index contributed by atoms with van der Waals surface area (Å²) in [6.07, 6.45) is 2.34. The molecule has 0 aromatic rings. The third kappa shape index (κ3) is 0.953. The van der Waals surface area contributed by atoms with E-state index in [2.05, 4.69) is 9.73 Å². The predicted molar refractivity (Wildman–Crippen MR) is 33.6 cm³/mol. The number of carbonyl (C=O) groups excluding carboxylic acids is 2. The fraction of sp³-hybridized carbons (Fsp3) is 0.167. The van der Waals surface area contributed by atoms with Crippen LogP contribution in [-0.2, 0) is 14.3 Å². The van der Waals surface area contributed by atoms with Gasteiger partial charge in [0.2, 0.25) is 5.78 Å². The first-order chi connectivity index (χ1) is 4.75. The van der Waals surface area contributed by atoms with Crippen molar-refractivity contribution in [1.82, 2.24) is 0 Å². The van der Waals surface area contributed by atoms with Gasteiger partial charge in [-0.3, -0.25) is 9.59 Å². The number of ether oxygens (including phenoxy) is 1. The van der Waals surface area contributed by atoms with Crippen LogP contribution in [0, 0.1) is 0 Å². The third-order valence-electron chi connectivity index (χ3n) is 1.03. The van der Waals surface area contributed by atoms with Crippen molar-refractivity contribution in [2.75, 3.05) is 7.11 Å². The molecule has 1 aliphatic heterocycles. The summed E-state index contributed by atoms with van der Waals surface area (Å²) in [4.78, 5) is 24.8. The zero-order chi connectivity index (χ0) is 7.56. The first-order valence-electron chi connectivity index (χ1n) is 2.62. The smallest absolute Gasteiger partial charge is 0.287 e. The molecule has 0 fully saturated rings. The van der Waals surface area contributed by atoms with Crippen LogP contribution >= 0.6 is 0 Å². The molecule has 1 rings (SSSR count). The van der Waals surface area contributed by atoms with E-state index in [1.54, 1.807) is 0 Å². The predicted octanol–water partition coefficient (Wildman–Crippen LogP) is -0.303. The van der Waals surface area contributed by atoms with Gasteiger partial charge in [0.05, 0.1) is 7.11 Å². The number of hydrogen-bond acceptors (Lipinski definition) is 4. The highest BCUT2D eigenvalue weighted by Crippen LogP contribution is 1.95. The van der Waals surface area contributed by atoms with Crippen molar-refractivity contribution in [3.8, 4) is 0 Å². The lowest BCUT2D eigenvalue weighted by atomic mass is 10.2. The van der Waals surface area contributed by atoms with Gasteiger partial charge in [-0.2, -0.15) is 0 Å². The second kappa shape index (κ2) is 2.43. The highest BCUT2D eigenvalue weighted by atomic mass is 16.5. The van der Waals surface area contributed by atoms with Gasteiger partial charge in [-0.25, -0.2) is 4.99 Å². The molecule has 0 aromatic heterocycles. The molecule has 0 aliphatic carbocycles. The maximum atomic E-state index is 10.7. The van der Waals surface area contributed by atoms with Gasteiger partial charge in [0, 0.05) is 12.3 Å². The molecule has 4 heteroatoms. The van der Waals surface area contributed by atoms with Crippen molar-refractivity contribution in [3.05, 3.63) is 12.3 Å². The van der Waals surface area contributed by atoms with Crippen molar-refractivity contribution in [2.24, 2.45) is 4.99 Å². The van der Waals surface area contributed by atoms with Crippen LogP contribution in [0.1, 0.15) is 0 Å². The van der Waals surface area contributed by atoms with Gasteiger partial charge >= 0.3 is 0 Å². The second-order valence-corrected chi connectivity index (χ2v) is 1.65. The molecule has 0 N–H and O–H groups in total. The summed E-state index contributed by atoms with van der Waals surface area (Å²) in [6.45, 7) is 0. The molecule has 0 radical (unpaired) electrons. The maximum absolute atomic E-state index is 10.7. The highest BCUT2D eigenvalue weighted by Gasteiger charge is 2.20. The van der Waals surface area contributed by atoms with E-state index in [9.17, 15) is 9.59 Å². The van der Waals surface area contributed by atoms with E-state index in [4.69, 9.17) is 0 Å². The zero-order valence-corrected chi connectivity index (χ0v) is 5.33.